The maximum Gasteiger partial charge on any atom is 0.256 e. The van der Waals surface area contributed by atoms with Crippen LogP contribution in [0.4, 0.5) is 11.8 Å². The summed E-state index contributed by atoms with van der Waals surface area (Å²) in [5.41, 5.74) is 8.45. The molecule has 3 aromatic rings. The van der Waals surface area contributed by atoms with Gasteiger partial charge < -0.3 is 25.8 Å². The minimum Gasteiger partial charge on any atom is -0.351 e. The lowest BCUT2D eigenvalue weighted by molar-refractivity contribution is 0.0644. The van der Waals surface area contributed by atoms with Gasteiger partial charge in [0.15, 0.2) is 17.0 Å². The van der Waals surface area contributed by atoms with Gasteiger partial charge in [-0.05, 0) is 85.9 Å². The Morgan fingerprint density at radius 3 is 2.50 bits per heavy atom. The predicted octanol–water partition coefficient (Wildman–Crippen LogP) is 5.45. The Kier molecular flexibility index (Phi) is 7.52. The summed E-state index contributed by atoms with van der Waals surface area (Å²) in [4.78, 5) is 30.3. The molecule has 3 fully saturated rings. The number of hydrogen-bond donors (Lipinski definition) is 3. The van der Waals surface area contributed by atoms with Crippen LogP contribution in [-0.2, 0) is 0 Å². The summed E-state index contributed by atoms with van der Waals surface area (Å²) in [6, 6.07) is 8.65. The number of piperidine rings is 1. The van der Waals surface area contributed by atoms with Gasteiger partial charge in [-0.15, -0.1) is 0 Å². The highest BCUT2D eigenvalue weighted by atomic mass is 79.9. The Bertz CT molecular complexity index is 1280. The number of imidazole rings is 1. The smallest absolute Gasteiger partial charge is 0.256 e. The first-order valence-electron chi connectivity index (χ1n) is 14.2. The number of nitrogens with one attached hydrogen (secondary N) is 2. The molecule has 9 nitrogen and oxygen atoms in total. The van der Waals surface area contributed by atoms with Crippen LogP contribution in [0.5, 0.6) is 0 Å². The molecular weight excluding hydrogens is 544 g/mol. The van der Waals surface area contributed by atoms with Crippen molar-refractivity contribution in [3.8, 4) is 0 Å². The van der Waals surface area contributed by atoms with Crippen molar-refractivity contribution in [1.29, 1.82) is 0 Å². The van der Waals surface area contributed by atoms with E-state index in [4.69, 9.17) is 20.7 Å². The maximum atomic E-state index is 13.6. The molecule has 0 radical (unpaired) electrons. The van der Waals surface area contributed by atoms with Gasteiger partial charge in [0.1, 0.15) is 6.17 Å². The fourth-order valence-electron chi connectivity index (χ4n) is 6.25. The molecule has 6 rings (SSSR count). The number of carbonyl (C=O) groups is 1. The van der Waals surface area contributed by atoms with Crippen molar-refractivity contribution in [2.24, 2.45) is 5.73 Å². The average molecular weight is 582 g/mol. The second-order valence-electron chi connectivity index (χ2n) is 11.0. The number of hydrogen-bond acceptors (Lipinski definition) is 7. The first kappa shape index (κ1) is 25.6. The number of anilines is 2. The number of carbonyl (C=O) groups excluding carboxylic acids is 1. The molecule has 10 heteroatoms. The van der Waals surface area contributed by atoms with Crippen LogP contribution in [0.1, 0.15) is 87.0 Å². The molecule has 0 spiro atoms. The van der Waals surface area contributed by atoms with Gasteiger partial charge in [-0.2, -0.15) is 9.97 Å². The third-order valence-corrected chi connectivity index (χ3v) is 9.11. The summed E-state index contributed by atoms with van der Waals surface area (Å²) in [5, 5.41) is 7.24. The van der Waals surface area contributed by atoms with Gasteiger partial charge in [0.25, 0.3) is 5.91 Å². The molecule has 1 atom stereocenters. The Morgan fingerprint density at radius 1 is 0.947 bits per heavy atom. The monoisotopic (exact) mass is 580 g/mol. The zero-order valence-corrected chi connectivity index (χ0v) is 23.4. The Morgan fingerprint density at radius 2 is 1.71 bits per heavy atom. The fraction of sp³-hybridized carbons (Fsp3) is 0.571. The lowest BCUT2D eigenvalue weighted by atomic mass is 9.92. The van der Waals surface area contributed by atoms with Crippen molar-refractivity contribution in [3.05, 3.63) is 40.6 Å². The van der Waals surface area contributed by atoms with E-state index in [1.54, 1.807) is 0 Å². The second kappa shape index (κ2) is 11.2. The van der Waals surface area contributed by atoms with Crippen LogP contribution in [0.2, 0.25) is 0 Å². The summed E-state index contributed by atoms with van der Waals surface area (Å²) >= 11 is 3.56. The molecule has 4 N–H and O–H groups in total. The van der Waals surface area contributed by atoms with Crippen LogP contribution in [0.25, 0.3) is 11.2 Å². The van der Waals surface area contributed by atoms with Crippen LogP contribution in [-0.4, -0.2) is 55.1 Å². The highest BCUT2D eigenvalue weighted by molar-refractivity contribution is 9.10. The van der Waals surface area contributed by atoms with E-state index in [2.05, 4.69) is 31.1 Å². The van der Waals surface area contributed by atoms with Gasteiger partial charge in [0, 0.05) is 29.1 Å². The molecule has 3 heterocycles. The van der Waals surface area contributed by atoms with Crippen LogP contribution in [0.3, 0.4) is 0 Å². The molecule has 2 aliphatic carbocycles. The van der Waals surface area contributed by atoms with E-state index in [-0.39, 0.29) is 18.1 Å². The molecule has 2 saturated carbocycles. The normalized spacial score (nSPS) is 24.6. The van der Waals surface area contributed by atoms with Crippen LogP contribution >= 0.6 is 15.9 Å². The molecular formula is C28H37BrN8O. The van der Waals surface area contributed by atoms with Crippen LogP contribution < -0.4 is 16.4 Å². The van der Waals surface area contributed by atoms with Gasteiger partial charge in [-0.3, -0.25) is 4.79 Å². The number of fused-ring (bicyclic) bond motifs is 1. The Labute approximate surface area is 232 Å². The second-order valence-corrected chi connectivity index (χ2v) is 11.9. The van der Waals surface area contributed by atoms with Crippen molar-refractivity contribution in [2.45, 2.75) is 94.9 Å². The van der Waals surface area contributed by atoms with Gasteiger partial charge in [-0.1, -0.05) is 25.0 Å². The minimum absolute atomic E-state index is 0.0216. The molecule has 1 unspecified atom stereocenters. The molecule has 38 heavy (non-hydrogen) atoms. The molecule has 1 aliphatic heterocycles. The quantitative estimate of drug-likeness (QED) is 0.355. The lowest BCUT2D eigenvalue weighted by Gasteiger charge is -2.36. The number of rotatable bonds is 6. The fourth-order valence-corrected chi connectivity index (χ4v) is 6.70. The molecule has 1 saturated heterocycles. The molecule has 3 aliphatic rings. The average Bonchev–Trinajstić information content (AvgIpc) is 3.61. The standard InChI is InChI=1S/C28H37BrN8O/c29-22-10-4-3-9-21(22)27(38)36-16-6-5-11-23(36)33-25-24-26(37(17-31-24)20-7-1-2-8-20)35-28(34-25)32-19-14-12-18(30)13-15-19/h3-4,9-10,17-20,23H,1-2,5-8,11-16,30H2,(H2,32,33,34,35). The first-order chi connectivity index (χ1) is 18.6. The maximum absolute atomic E-state index is 13.6. The van der Waals surface area contributed by atoms with E-state index in [1.165, 1.54) is 12.8 Å². The van der Waals surface area contributed by atoms with E-state index in [0.29, 0.717) is 36.0 Å². The summed E-state index contributed by atoms with van der Waals surface area (Å²) in [7, 11) is 0. The van der Waals surface area contributed by atoms with Crippen molar-refractivity contribution < 1.29 is 4.79 Å². The first-order valence-corrected chi connectivity index (χ1v) is 14.9. The zero-order valence-electron chi connectivity index (χ0n) is 21.8. The number of benzene rings is 1. The highest BCUT2D eigenvalue weighted by Gasteiger charge is 2.30. The summed E-state index contributed by atoms with van der Waals surface area (Å²) in [6.07, 6.45) is 13.5. The highest BCUT2D eigenvalue weighted by Crippen LogP contribution is 2.34. The van der Waals surface area contributed by atoms with Crippen molar-refractivity contribution >= 4 is 44.8 Å². The third-order valence-electron chi connectivity index (χ3n) is 8.42. The SMILES string of the molecule is NC1CCC(Nc2nc(NC3CCCCN3C(=O)c3ccccc3Br)c3ncn(C4CCCC4)c3n2)CC1. The van der Waals surface area contributed by atoms with Gasteiger partial charge in [-0.25, -0.2) is 4.98 Å². The number of nitrogens with zero attached hydrogens (tertiary/aromatic N) is 5. The van der Waals surface area contributed by atoms with Crippen LogP contribution in [0.15, 0.2) is 35.1 Å². The van der Waals surface area contributed by atoms with Gasteiger partial charge in [0.2, 0.25) is 5.95 Å². The van der Waals surface area contributed by atoms with E-state index in [9.17, 15) is 4.79 Å². The third kappa shape index (κ3) is 5.25. The van der Waals surface area contributed by atoms with E-state index in [0.717, 1.165) is 73.4 Å². The molecule has 1 amide bonds. The minimum atomic E-state index is -0.168. The van der Waals surface area contributed by atoms with E-state index >= 15 is 0 Å². The molecule has 2 aromatic heterocycles. The number of amides is 1. The van der Waals surface area contributed by atoms with Crippen molar-refractivity contribution in [1.82, 2.24) is 24.4 Å². The van der Waals surface area contributed by atoms with Crippen molar-refractivity contribution in [3.63, 3.8) is 0 Å². The van der Waals surface area contributed by atoms with Crippen molar-refractivity contribution in [2.75, 3.05) is 17.2 Å². The molecule has 1 aromatic carbocycles. The summed E-state index contributed by atoms with van der Waals surface area (Å²) < 4.78 is 3.05. The summed E-state index contributed by atoms with van der Waals surface area (Å²) in [5.74, 6) is 1.34. The van der Waals surface area contributed by atoms with E-state index in [1.807, 2.05) is 35.5 Å². The topological polar surface area (TPSA) is 114 Å². The van der Waals surface area contributed by atoms with E-state index < -0.39 is 0 Å². The molecule has 202 valence electrons. The molecule has 0 bridgehead atoms. The van der Waals surface area contributed by atoms with Crippen LogP contribution in [0, 0.1) is 0 Å². The Balaban J connectivity index is 1.32. The largest absolute Gasteiger partial charge is 0.351 e. The number of halogens is 1. The Hall–Kier alpha value is -2.72. The van der Waals surface area contributed by atoms with Gasteiger partial charge >= 0.3 is 0 Å². The zero-order chi connectivity index (χ0) is 26.1. The number of likely N-dealkylation sites (tertiary alicyclic amines) is 1. The summed E-state index contributed by atoms with van der Waals surface area (Å²) in [6.45, 7) is 0.704. The van der Waals surface area contributed by atoms with Gasteiger partial charge in [0.05, 0.1) is 11.9 Å². The number of aromatic nitrogens is 4. The lowest BCUT2D eigenvalue weighted by Crippen LogP contribution is -2.48. The predicted molar refractivity (Wildman–Crippen MR) is 153 cm³/mol. The number of nitrogens with two attached hydrogens (primary N) is 1.